The van der Waals surface area contributed by atoms with Crippen LogP contribution >= 0.6 is 0 Å². The van der Waals surface area contributed by atoms with E-state index in [-0.39, 0.29) is 12.3 Å². The van der Waals surface area contributed by atoms with Gasteiger partial charge in [-0.2, -0.15) is 0 Å². The summed E-state index contributed by atoms with van der Waals surface area (Å²) in [7, 11) is 1.55. The first-order valence-electron chi connectivity index (χ1n) is 7.93. The predicted molar refractivity (Wildman–Crippen MR) is 89.3 cm³/mol. The van der Waals surface area contributed by atoms with Crippen LogP contribution in [0.2, 0.25) is 0 Å². The molecule has 0 aliphatic rings. The fourth-order valence-electron chi connectivity index (χ4n) is 3.00. The Kier molecular flexibility index (Phi) is 5.42. The number of benzene rings is 1. The molecule has 1 N–H and O–H groups in total. The van der Waals surface area contributed by atoms with Crippen LogP contribution in [0, 0.1) is 6.92 Å². The Morgan fingerprint density at radius 2 is 2.00 bits per heavy atom. The Morgan fingerprint density at radius 3 is 2.61 bits per heavy atom. The number of hydrogen-bond donors (Lipinski definition) is 1. The SMILES string of the molecule is CCCCCC(=O)n1c(C)c(CC(=O)O)c2c(OC)cccc21. The van der Waals surface area contributed by atoms with E-state index in [4.69, 9.17) is 4.74 Å². The number of aliphatic carboxylic acids is 1. The lowest BCUT2D eigenvalue weighted by molar-refractivity contribution is -0.136. The molecule has 124 valence electrons. The minimum Gasteiger partial charge on any atom is -0.496 e. The summed E-state index contributed by atoms with van der Waals surface area (Å²) in [5.41, 5.74) is 2.06. The molecule has 0 aliphatic carbocycles. The molecule has 0 saturated carbocycles. The first kappa shape index (κ1) is 17.1. The number of hydrogen-bond acceptors (Lipinski definition) is 3. The Balaban J connectivity index is 2.58. The molecule has 5 heteroatoms. The van der Waals surface area contributed by atoms with Crippen LogP contribution in [-0.2, 0) is 11.2 Å². The van der Waals surface area contributed by atoms with Crippen molar-refractivity contribution < 1.29 is 19.4 Å². The maximum Gasteiger partial charge on any atom is 0.307 e. The van der Waals surface area contributed by atoms with E-state index in [9.17, 15) is 14.7 Å². The average Bonchev–Trinajstić information content (AvgIpc) is 2.79. The van der Waals surface area contributed by atoms with Crippen molar-refractivity contribution in [3.05, 3.63) is 29.5 Å². The number of carbonyl (C=O) groups is 2. The zero-order valence-electron chi connectivity index (χ0n) is 13.9. The summed E-state index contributed by atoms with van der Waals surface area (Å²) >= 11 is 0. The Bertz CT molecular complexity index is 730. The van der Waals surface area contributed by atoms with Gasteiger partial charge in [-0.05, 0) is 31.0 Å². The van der Waals surface area contributed by atoms with Gasteiger partial charge >= 0.3 is 5.97 Å². The average molecular weight is 317 g/mol. The number of carbonyl (C=O) groups excluding carboxylic acids is 1. The van der Waals surface area contributed by atoms with Gasteiger partial charge in [-0.1, -0.05) is 25.8 Å². The molecule has 2 rings (SSSR count). The monoisotopic (exact) mass is 317 g/mol. The maximum atomic E-state index is 12.6. The number of ether oxygens (including phenoxy) is 1. The van der Waals surface area contributed by atoms with E-state index in [2.05, 4.69) is 6.92 Å². The first-order chi connectivity index (χ1) is 11.0. The van der Waals surface area contributed by atoms with Crippen molar-refractivity contribution in [1.29, 1.82) is 0 Å². The molecule has 0 saturated heterocycles. The molecule has 1 aromatic carbocycles. The third-order valence-corrected chi connectivity index (χ3v) is 4.11. The van der Waals surface area contributed by atoms with Gasteiger partial charge in [-0.3, -0.25) is 14.2 Å². The molecular formula is C18H23NO4. The van der Waals surface area contributed by atoms with Crippen LogP contribution in [0.1, 0.15) is 48.7 Å². The van der Waals surface area contributed by atoms with E-state index in [1.165, 1.54) is 0 Å². The van der Waals surface area contributed by atoms with Crippen LogP contribution in [0.3, 0.4) is 0 Å². The molecule has 1 heterocycles. The van der Waals surface area contributed by atoms with Gasteiger partial charge in [0.25, 0.3) is 0 Å². The normalized spacial score (nSPS) is 10.9. The van der Waals surface area contributed by atoms with Crippen LogP contribution < -0.4 is 4.74 Å². The fraction of sp³-hybridized carbons (Fsp3) is 0.444. The molecular weight excluding hydrogens is 294 g/mol. The van der Waals surface area contributed by atoms with E-state index < -0.39 is 5.97 Å². The summed E-state index contributed by atoms with van der Waals surface area (Å²) in [6.45, 7) is 3.89. The van der Waals surface area contributed by atoms with Crippen molar-refractivity contribution in [2.75, 3.05) is 7.11 Å². The van der Waals surface area contributed by atoms with Crippen LogP contribution in [0.5, 0.6) is 5.75 Å². The summed E-state index contributed by atoms with van der Waals surface area (Å²) in [4.78, 5) is 23.8. The maximum absolute atomic E-state index is 12.6. The summed E-state index contributed by atoms with van der Waals surface area (Å²) in [5.74, 6) is -0.315. The molecule has 0 unspecified atom stereocenters. The van der Waals surface area contributed by atoms with Gasteiger partial charge in [-0.25, -0.2) is 0 Å². The molecule has 1 aromatic heterocycles. The van der Waals surface area contributed by atoms with Gasteiger partial charge in [0.15, 0.2) is 0 Å². The van der Waals surface area contributed by atoms with E-state index in [1.54, 1.807) is 24.7 Å². The number of rotatable bonds is 7. The van der Waals surface area contributed by atoms with Gasteiger partial charge in [0.1, 0.15) is 5.75 Å². The molecule has 0 spiro atoms. The van der Waals surface area contributed by atoms with Crippen molar-refractivity contribution in [2.24, 2.45) is 0 Å². The molecule has 23 heavy (non-hydrogen) atoms. The van der Waals surface area contributed by atoms with Crippen molar-refractivity contribution in [2.45, 2.75) is 46.0 Å². The molecule has 0 amide bonds. The lowest BCUT2D eigenvalue weighted by Crippen LogP contribution is -2.12. The Morgan fingerprint density at radius 1 is 1.26 bits per heavy atom. The molecule has 0 aliphatic heterocycles. The van der Waals surface area contributed by atoms with Gasteiger partial charge < -0.3 is 9.84 Å². The minimum atomic E-state index is -0.920. The quantitative estimate of drug-likeness (QED) is 0.789. The number of fused-ring (bicyclic) bond motifs is 1. The summed E-state index contributed by atoms with van der Waals surface area (Å²) in [6, 6.07) is 5.45. The summed E-state index contributed by atoms with van der Waals surface area (Å²) in [5, 5.41) is 9.92. The lowest BCUT2D eigenvalue weighted by Gasteiger charge is -2.07. The van der Waals surface area contributed by atoms with Crippen molar-refractivity contribution >= 4 is 22.8 Å². The lowest BCUT2D eigenvalue weighted by atomic mass is 10.1. The third kappa shape index (κ3) is 3.38. The molecule has 0 fully saturated rings. The predicted octanol–water partition coefficient (Wildman–Crippen LogP) is 3.81. The fourth-order valence-corrected chi connectivity index (χ4v) is 3.00. The Labute approximate surface area is 135 Å². The second-order valence-electron chi connectivity index (χ2n) is 5.68. The van der Waals surface area contributed by atoms with E-state index in [0.29, 0.717) is 23.4 Å². The van der Waals surface area contributed by atoms with Crippen LogP contribution in [0.15, 0.2) is 18.2 Å². The van der Waals surface area contributed by atoms with Crippen molar-refractivity contribution in [3.63, 3.8) is 0 Å². The largest absolute Gasteiger partial charge is 0.496 e. The first-order valence-corrected chi connectivity index (χ1v) is 7.93. The molecule has 0 radical (unpaired) electrons. The highest BCUT2D eigenvalue weighted by Gasteiger charge is 2.22. The number of aromatic nitrogens is 1. The number of nitrogens with zero attached hydrogens (tertiary/aromatic N) is 1. The van der Waals surface area contributed by atoms with Crippen molar-refractivity contribution in [1.82, 2.24) is 4.57 Å². The number of unbranched alkanes of at least 4 members (excludes halogenated alkanes) is 2. The summed E-state index contributed by atoms with van der Waals surface area (Å²) < 4.78 is 7.02. The highest BCUT2D eigenvalue weighted by Crippen LogP contribution is 2.34. The topological polar surface area (TPSA) is 68.5 Å². The minimum absolute atomic E-state index is 0.00541. The highest BCUT2D eigenvalue weighted by molar-refractivity contribution is 6.00. The smallest absolute Gasteiger partial charge is 0.307 e. The standard InChI is InChI=1S/C18H23NO4/c1-4-5-6-10-16(20)19-12(2)13(11-17(21)22)18-14(19)8-7-9-15(18)23-3/h7-9H,4-6,10-11H2,1-3H3,(H,21,22). The Hall–Kier alpha value is -2.30. The zero-order chi connectivity index (χ0) is 17.0. The second kappa shape index (κ2) is 7.31. The van der Waals surface area contributed by atoms with E-state index >= 15 is 0 Å². The molecule has 5 nitrogen and oxygen atoms in total. The molecule has 0 bridgehead atoms. The highest BCUT2D eigenvalue weighted by atomic mass is 16.5. The molecule has 0 atom stereocenters. The van der Waals surface area contributed by atoms with Crippen LogP contribution in [0.25, 0.3) is 10.9 Å². The third-order valence-electron chi connectivity index (χ3n) is 4.11. The number of methoxy groups -OCH3 is 1. The van der Waals surface area contributed by atoms with Gasteiger partial charge in [-0.15, -0.1) is 0 Å². The summed E-state index contributed by atoms with van der Waals surface area (Å²) in [6.07, 6.45) is 3.23. The molecule has 2 aromatic rings. The van der Waals surface area contributed by atoms with Crippen molar-refractivity contribution in [3.8, 4) is 5.75 Å². The van der Waals surface area contributed by atoms with Gasteiger partial charge in [0.2, 0.25) is 5.91 Å². The van der Waals surface area contributed by atoms with Gasteiger partial charge in [0, 0.05) is 17.5 Å². The van der Waals surface area contributed by atoms with E-state index in [0.717, 1.165) is 30.2 Å². The number of carboxylic acids is 1. The van der Waals surface area contributed by atoms with E-state index in [1.807, 2.05) is 12.1 Å². The van der Waals surface area contributed by atoms with Crippen LogP contribution in [-0.4, -0.2) is 28.7 Å². The van der Waals surface area contributed by atoms with Crippen LogP contribution in [0.4, 0.5) is 0 Å². The zero-order valence-corrected chi connectivity index (χ0v) is 13.9. The second-order valence-corrected chi connectivity index (χ2v) is 5.68. The van der Waals surface area contributed by atoms with Gasteiger partial charge in [0.05, 0.1) is 19.0 Å². The number of carboxylic acid groups (broad SMARTS) is 1.